The van der Waals surface area contributed by atoms with E-state index in [-0.39, 0.29) is 36.8 Å². The molecule has 2 aliphatic heterocycles. The molecule has 2 fully saturated rings. The molecule has 2 heterocycles. The van der Waals surface area contributed by atoms with Gasteiger partial charge in [-0.25, -0.2) is 0 Å². The van der Waals surface area contributed by atoms with Crippen LogP contribution in [0.2, 0.25) is 0 Å². The molecule has 2 aliphatic rings. The second kappa shape index (κ2) is 10.0. The van der Waals surface area contributed by atoms with Crippen LogP contribution in [-0.4, -0.2) is 38.1 Å². The van der Waals surface area contributed by atoms with E-state index in [1.807, 2.05) is 0 Å². The van der Waals surface area contributed by atoms with Crippen molar-refractivity contribution in [3.8, 4) is 0 Å². The molecule has 0 radical (unpaired) electrons. The van der Waals surface area contributed by atoms with Crippen LogP contribution < -0.4 is 15.5 Å². The molecule has 2 atom stereocenters. The number of carbonyl (C=O) groups is 1. The minimum atomic E-state index is 0. The summed E-state index contributed by atoms with van der Waals surface area (Å²) in [6, 6.07) is 10.6. The minimum absolute atomic E-state index is 0. The molecule has 6 heteroatoms. The summed E-state index contributed by atoms with van der Waals surface area (Å²) in [6.45, 7) is 3.91. The van der Waals surface area contributed by atoms with Gasteiger partial charge in [0.05, 0.1) is 6.04 Å². The molecule has 1 aromatic carbocycles. The third-order valence-electron chi connectivity index (χ3n) is 4.60. The molecule has 3 rings (SSSR count). The third-order valence-corrected chi connectivity index (χ3v) is 4.60. The van der Waals surface area contributed by atoms with Crippen LogP contribution in [0.25, 0.3) is 0 Å². The normalized spacial score (nSPS) is 23.6. The second-order valence-corrected chi connectivity index (χ2v) is 6.18. The van der Waals surface area contributed by atoms with Gasteiger partial charge in [-0.1, -0.05) is 24.6 Å². The van der Waals surface area contributed by atoms with Crippen LogP contribution in [0.4, 0.5) is 5.69 Å². The number of hydrogen-bond acceptors (Lipinski definition) is 3. The van der Waals surface area contributed by atoms with Gasteiger partial charge in [-0.15, -0.1) is 24.8 Å². The van der Waals surface area contributed by atoms with Gasteiger partial charge in [0.15, 0.2) is 0 Å². The van der Waals surface area contributed by atoms with Crippen LogP contribution >= 0.6 is 24.8 Å². The highest BCUT2D eigenvalue weighted by atomic mass is 35.5. The first-order valence-corrected chi connectivity index (χ1v) is 8.14. The molecule has 0 saturated carbocycles. The highest BCUT2D eigenvalue weighted by Gasteiger charge is 2.25. The Balaban J connectivity index is 0.00000132. The summed E-state index contributed by atoms with van der Waals surface area (Å²) in [5.41, 5.74) is 1.29. The Morgan fingerprint density at radius 3 is 2.65 bits per heavy atom. The number of amides is 1. The highest BCUT2D eigenvalue weighted by Crippen LogP contribution is 2.23. The number of benzene rings is 1. The lowest BCUT2D eigenvalue weighted by Crippen LogP contribution is -2.47. The van der Waals surface area contributed by atoms with Gasteiger partial charge >= 0.3 is 0 Å². The van der Waals surface area contributed by atoms with Crippen LogP contribution in [0.15, 0.2) is 30.3 Å². The van der Waals surface area contributed by atoms with Crippen molar-refractivity contribution in [2.45, 2.75) is 31.7 Å². The van der Waals surface area contributed by atoms with Crippen molar-refractivity contribution in [2.75, 3.05) is 31.1 Å². The Morgan fingerprint density at radius 1 is 1.17 bits per heavy atom. The van der Waals surface area contributed by atoms with Crippen molar-refractivity contribution in [1.82, 2.24) is 10.6 Å². The van der Waals surface area contributed by atoms with E-state index in [9.17, 15) is 4.79 Å². The number of hydrogen-bond donors (Lipinski definition) is 2. The lowest BCUT2D eigenvalue weighted by Gasteiger charge is -2.23. The van der Waals surface area contributed by atoms with E-state index in [2.05, 4.69) is 45.9 Å². The fraction of sp³-hybridized carbons (Fsp3) is 0.588. The van der Waals surface area contributed by atoms with Gasteiger partial charge in [-0.3, -0.25) is 4.79 Å². The van der Waals surface area contributed by atoms with Crippen molar-refractivity contribution in [2.24, 2.45) is 5.92 Å². The quantitative estimate of drug-likeness (QED) is 0.868. The van der Waals surface area contributed by atoms with Crippen molar-refractivity contribution in [1.29, 1.82) is 0 Å². The minimum Gasteiger partial charge on any atom is -0.371 e. The van der Waals surface area contributed by atoms with Crippen molar-refractivity contribution in [3.05, 3.63) is 30.3 Å². The maximum absolute atomic E-state index is 12.1. The molecular weight excluding hydrogens is 333 g/mol. The standard InChI is InChI=1S/C17H25N3O.2ClH/c21-17(16-8-4-5-10-18-16)19-12-14-9-11-20(13-14)15-6-2-1-3-7-15;;/h1-3,6-7,14,16,18H,4-5,8-13H2,(H,19,21);2*1H. The van der Waals surface area contributed by atoms with Gasteiger partial charge in [-0.2, -0.15) is 0 Å². The topological polar surface area (TPSA) is 44.4 Å². The van der Waals surface area contributed by atoms with Crippen molar-refractivity contribution >= 4 is 36.4 Å². The van der Waals surface area contributed by atoms with Gasteiger partial charge in [0, 0.05) is 25.3 Å². The molecule has 130 valence electrons. The van der Waals surface area contributed by atoms with Crippen molar-refractivity contribution in [3.63, 3.8) is 0 Å². The fourth-order valence-electron chi connectivity index (χ4n) is 3.32. The molecule has 0 aromatic heterocycles. The number of nitrogens with zero attached hydrogens (tertiary/aromatic N) is 1. The summed E-state index contributed by atoms with van der Waals surface area (Å²) in [4.78, 5) is 14.5. The highest BCUT2D eigenvalue weighted by molar-refractivity contribution is 5.85. The van der Waals surface area contributed by atoms with Crippen LogP contribution in [0.1, 0.15) is 25.7 Å². The number of piperidine rings is 1. The monoisotopic (exact) mass is 359 g/mol. The van der Waals surface area contributed by atoms with E-state index in [0.29, 0.717) is 5.92 Å². The van der Waals surface area contributed by atoms with Crippen LogP contribution in [0.3, 0.4) is 0 Å². The van der Waals surface area contributed by atoms with Crippen LogP contribution in [0, 0.1) is 5.92 Å². The zero-order valence-electron chi connectivity index (χ0n) is 13.4. The number of nitrogens with one attached hydrogen (secondary N) is 2. The molecule has 0 aliphatic carbocycles. The second-order valence-electron chi connectivity index (χ2n) is 6.18. The Bertz CT molecular complexity index is 466. The smallest absolute Gasteiger partial charge is 0.237 e. The molecule has 2 saturated heterocycles. The Morgan fingerprint density at radius 2 is 1.96 bits per heavy atom. The summed E-state index contributed by atoms with van der Waals surface area (Å²) in [6.07, 6.45) is 4.49. The van der Waals surface area contributed by atoms with Crippen LogP contribution in [-0.2, 0) is 4.79 Å². The molecule has 2 unspecified atom stereocenters. The first kappa shape index (κ1) is 20.1. The van der Waals surface area contributed by atoms with E-state index in [4.69, 9.17) is 0 Å². The molecular formula is C17H27Cl2N3O. The molecule has 1 aromatic rings. The zero-order valence-corrected chi connectivity index (χ0v) is 15.0. The predicted molar refractivity (Wildman–Crippen MR) is 99.9 cm³/mol. The van der Waals surface area contributed by atoms with Gasteiger partial charge in [-0.05, 0) is 43.9 Å². The number of anilines is 1. The summed E-state index contributed by atoms with van der Waals surface area (Å²) in [5, 5.41) is 6.44. The lowest BCUT2D eigenvalue weighted by atomic mass is 10.0. The largest absolute Gasteiger partial charge is 0.371 e. The number of para-hydroxylation sites is 1. The summed E-state index contributed by atoms with van der Waals surface area (Å²) < 4.78 is 0. The Labute approximate surface area is 151 Å². The molecule has 1 amide bonds. The summed E-state index contributed by atoms with van der Waals surface area (Å²) >= 11 is 0. The van der Waals surface area contributed by atoms with Gasteiger partial charge < -0.3 is 15.5 Å². The van der Waals surface area contributed by atoms with Crippen LogP contribution in [0.5, 0.6) is 0 Å². The maximum atomic E-state index is 12.1. The third kappa shape index (κ3) is 5.55. The summed E-state index contributed by atoms with van der Waals surface area (Å²) in [5.74, 6) is 0.755. The summed E-state index contributed by atoms with van der Waals surface area (Å²) in [7, 11) is 0. The number of carbonyl (C=O) groups excluding carboxylic acids is 1. The van der Waals surface area contributed by atoms with E-state index in [0.717, 1.165) is 45.4 Å². The van der Waals surface area contributed by atoms with Crippen molar-refractivity contribution < 1.29 is 4.79 Å². The number of halogens is 2. The van der Waals surface area contributed by atoms with Gasteiger partial charge in [0.25, 0.3) is 0 Å². The van der Waals surface area contributed by atoms with E-state index >= 15 is 0 Å². The predicted octanol–water partition coefficient (Wildman–Crippen LogP) is 2.61. The molecule has 0 spiro atoms. The first-order valence-electron chi connectivity index (χ1n) is 8.14. The lowest BCUT2D eigenvalue weighted by molar-refractivity contribution is -0.123. The first-order chi connectivity index (χ1) is 10.3. The van der Waals surface area contributed by atoms with Gasteiger partial charge in [0.2, 0.25) is 5.91 Å². The van der Waals surface area contributed by atoms with E-state index < -0.39 is 0 Å². The van der Waals surface area contributed by atoms with Gasteiger partial charge in [0.1, 0.15) is 0 Å². The molecule has 4 nitrogen and oxygen atoms in total. The molecule has 0 bridgehead atoms. The average Bonchev–Trinajstić information content (AvgIpc) is 3.03. The molecule has 2 N–H and O–H groups in total. The Kier molecular flexibility index (Phi) is 8.74. The Hall–Kier alpha value is -0.970. The number of rotatable bonds is 4. The van der Waals surface area contributed by atoms with E-state index in [1.54, 1.807) is 0 Å². The SMILES string of the molecule is Cl.Cl.O=C(NCC1CCN(c2ccccc2)C1)C1CCCCN1. The zero-order chi connectivity index (χ0) is 14.5. The average molecular weight is 360 g/mol. The maximum Gasteiger partial charge on any atom is 0.237 e. The molecule has 23 heavy (non-hydrogen) atoms. The van der Waals surface area contributed by atoms with E-state index in [1.165, 1.54) is 12.1 Å². The fourth-order valence-corrected chi connectivity index (χ4v) is 3.32.